The second kappa shape index (κ2) is 7.73. The molecule has 1 heterocycles. The quantitative estimate of drug-likeness (QED) is 0.413. The van der Waals surface area contributed by atoms with E-state index in [9.17, 15) is 0 Å². The smallest absolute Gasteiger partial charge is 0.191 e. The van der Waals surface area contributed by atoms with Gasteiger partial charge >= 0.3 is 0 Å². The number of guanidine groups is 1. The Hall–Kier alpha value is 0.310. The van der Waals surface area contributed by atoms with Crippen LogP contribution in [-0.4, -0.2) is 49.3 Å². The normalized spacial score (nSPS) is 35.4. The van der Waals surface area contributed by atoms with E-state index in [4.69, 9.17) is 4.74 Å². The SMILES string of the molecule is CN=C(NC1CCCSC1)NC1CC(C)(OC)C1(C)C.I. The summed E-state index contributed by atoms with van der Waals surface area (Å²) < 4.78 is 5.68. The Balaban J connectivity index is 0.00000220. The highest BCUT2D eigenvalue weighted by atomic mass is 127. The number of rotatable bonds is 3. The third kappa shape index (κ3) is 3.99. The number of nitrogens with one attached hydrogen (secondary N) is 2. The second-order valence-corrected chi connectivity index (χ2v) is 7.84. The molecule has 3 atom stereocenters. The first-order valence-corrected chi connectivity index (χ1v) is 8.71. The van der Waals surface area contributed by atoms with E-state index in [1.54, 1.807) is 0 Å². The zero-order chi connectivity index (χ0) is 14.8. The number of halogens is 1. The molecule has 0 aromatic carbocycles. The van der Waals surface area contributed by atoms with Crippen molar-refractivity contribution in [3.05, 3.63) is 0 Å². The fourth-order valence-electron chi connectivity index (χ4n) is 3.11. The summed E-state index contributed by atoms with van der Waals surface area (Å²) in [4.78, 5) is 4.39. The summed E-state index contributed by atoms with van der Waals surface area (Å²) in [6, 6.07) is 0.965. The highest BCUT2D eigenvalue weighted by molar-refractivity contribution is 14.0. The van der Waals surface area contributed by atoms with Crippen molar-refractivity contribution in [3.63, 3.8) is 0 Å². The van der Waals surface area contributed by atoms with E-state index in [0.717, 1.165) is 12.4 Å². The Morgan fingerprint density at radius 2 is 2.00 bits per heavy atom. The van der Waals surface area contributed by atoms with Gasteiger partial charge in [0.2, 0.25) is 0 Å². The van der Waals surface area contributed by atoms with Gasteiger partial charge in [0.15, 0.2) is 5.96 Å². The van der Waals surface area contributed by atoms with Crippen molar-refractivity contribution in [2.45, 2.75) is 57.7 Å². The Morgan fingerprint density at radius 3 is 2.48 bits per heavy atom. The molecule has 21 heavy (non-hydrogen) atoms. The van der Waals surface area contributed by atoms with Crippen molar-refractivity contribution in [2.75, 3.05) is 25.7 Å². The van der Waals surface area contributed by atoms with Crippen LogP contribution in [0.25, 0.3) is 0 Å². The molecule has 2 rings (SSSR count). The predicted octanol–water partition coefficient (Wildman–Crippen LogP) is 2.87. The number of ether oxygens (including phenoxy) is 1. The van der Waals surface area contributed by atoms with Gasteiger partial charge in [-0.1, -0.05) is 13.8 Å². The van der Waals surface area contributed by atoms with Gasteiger partial charge in [0.05, 0.1) is 5.60 Å². The van der Waals surface area contributed by atoms with Crippen molar-refractivity contribution in [2.24, 2.45) is 10.4 Å². The molecule has 1 saturated carbocycles. The van der Waals surface area contributed by atoms with Crippen LogP contribution in [0.4, 0.5) is 0 Å². The number of methoxy groups -OCH3 is 1. The molecule has 0 aromatic heterocycles. The molecule has 2 N–H and O–H groups in total. The van der Waals surface area contributed by atoms with Gasteiger partial charge in [0, 0.05) is 37.4 Å². The van der Waals surface area contributed by atoms with Crippen LogP contribution in [0.3, 0.4) is 0 Å². The zero-order valence-electron chi connectivity index (χ0n) is 13.9. The van der Waals surface area contributed by atoms with Gasteiger partial charge in [-0.3, -0.25) is 4.99 Å². The van der Waals surface area contributed by atoms with Crippen molar-refractivity contribution >= 4 is 41.7 Å². The maximum Gasteiger partial charge on any atom is 0.191 e. The number of thioether (sulfide) groups is 1. The molecule has 2 fully saturated rings. The standard InChI is InChI=1S/C15H29N3OS.HI/c1-14(2)12(9-15(14,3)19-5)18-13(16-4)17-11-7-6-8-20-10-11;/h11-12H,6-10H2,1-5H3,(H2,16,17,18);1H. The summed E-state index contributed by atoms with van der Waals surface area (Å²) in [5, 5.41) is 7.14. The molecular formula is C15H30IN3OS. The molecule has 0 bridgehead atoms. The molecule has 4 nitrogen and oxygen atoms in total. The molecule has 0 radical (unpaired) electrons. The number of nitrogens with zero attached hydrogens (tertiary/aromatic N) is 1. The maximum atomic E-state index is 5.68. The summed E-state index contributed by atoms with van der Waals surface area (Å²) in [6.45, 7) is 6.72. The molecule has 1 saturated heterocycles. The molecular weight excluding hydrogens is 397 g/mol. The lowest BCUT2D eigenvalue weighted by Gasteiger charge is -2.59. The lowest BCUT2D eigenvalue weighted by molar-refractivity contribution is -0.176. The third-order valence-electron chi connectivity index (χ3n) is 5.31. The molecule has 0 aromatic rings. The van der Waals surface area contributed by atoms with Crippen LogP contribution >= 0.6 is 35.7 Å². The molecule has 2 aliphatic rings. The molecule has 1 aliphatic heterocycles. The van der Waals surface area contributed by atoms with Gasteiger partial charge in [0.1, 0.15) is 0 Å². The molecule has 0 amide bonds. The second-order valence-electron chi connectivity index (χ2n) is 6.69. The Morgan fingerprint density at radius 1 is 1.29 bits per heavy atom. The average Bonchev–Trinajstić information content (AvgIpc) is 2.46. The van der Waals surface area contributed by atoms with Crippen LogP contribution in [0.2, 0.25) is 0 Å². The van der Waals surface area contributed by atoms with Gasteiger partial charge in [-0.15, -0.1) is 24.0 Å². The lowest BCUT2D eigenvalue weighted by atomic mass is 9.56. The molecule has 124 valence electrons. The van der Waals surface area contributed by atoms with Gasteiger partial charge in [-0.05, 0) is 31.9 Å². The van der Waals surface area contributed by atoms with Crippen LogP contribution in [0.15, 0.2) is 4.99 Å². The molecule has 3 unspecified atom stereocenters. The fourth-order valence-corrected chi connectivity index (χ4v) is 4.18. The lowest BCUT2D eigenvalue weighted by Crippen LogP contribution is -2.69. The number of hydrogen-bond acceptors (Lipinski definition) is 3. The summed E-state index contributed by atoms with van der Waals surface area (Å²) in [5.41, 5.74) is 0.0743. The van der Waals surface area contributed by atoms with E-state index in [-0.39, 0.29) is 35.0 Å². The minimum atomic E-state index is -0.0375. The van der Waals surface area contributed by atoms with Crippen molar-refractivity contribution in [3.8, 4) is 0 Å². The Bertz CT molecular complexity index is 372. The average molecular weight is 427 g/mol. The maximum absolute atomic E-state index is 5.68. The number of hydrogen-bond donors (Lipinski definition) is 2. The fraction of sp³-hybridized carbons (Fsp3) is 0.933. The van der Waals surface area contributed by atoms with E-state index in [1.165, 1.54) is 24.3 Å². The molecule has 0 spiro atoms. The van der Waals surface area contributed by atoms with Gasteiger partial charge < -0.3 is 15.4 Å². The Kier molecular flexibility index (Phi) is 7.12. The number of aliphatic imine (C=N–C) groups is 1. The summed E-state index contributed by atoms with van der Waals surface area (Å²) in [7, 11) is 3.66. The first-order chi connectivity index (χ1) is 9.43. The van der Waals surface area contributed by atoms with Gasteiger partial charge in [-0.25, -0.2) is 0 Å². The summed E-state index contributed by atoms with van der Waals surface area (Å²) in [5.74, 6) is 3.42. The first-order valence-electron chi connectivity index (χ1n) is 7.55. The van der Waals surface area contributed by atoms with E-state index < -0.39 is 0 Å². The van der Waals surface area contributed by atoms with Crippen LogP contribution in [-0.2, 0) is 4.74 Å². The van der Waals surface area contributed by atoms with E-state index in [1.807, 2.05) is 25.9 Å². The van der Waals surface area contributed by atoms with Gasteiger partial charge in [0.25, 0.3) is 0 Å². The highest BCUT2D eigenvalue weighted by Gasteiger charge is 2.58. The van der Waals surface area contributed by atoms with Crippen LogP contribution in [0, 0.1) is 5.41 Å². The monoisotopic (exact) mass is 427 g/mol. The van der Waals surface area contributed by atoms with Crippen LogP contribution in [0.1, 0.15) is 40.0 Å². The van der Waals surface area contributed by atoms with Crippen molar-refractivity contribution in [1.82, 2.24) is 10.6 Å². The predicted molar refractivity (Wildman–Crippen MR) is 103 cm³/mol. The third-order valence-corrected chi connectivity index (χ3v) is 6.53. The summed E-state index contributed by atoms with van der Waals surface area (Å²) in [6.07, 6.45) is 3.57. The van der Waals surface area contributed by atoms with Gasteiger partial charge in [-0.2, -0.15) is 11.8 Å². The molecule has 1 aliphatic carbocycles. The van der Waals surface area contributed by atoms with E-state index >= 15 is 0 Å². The van der Waals surface area contributed by atoms with Crippen molar-refractivity contribution in [1.29, 1.82) is 0 Å². The largest absolute Gasteiger partial charge is 0.378 e. The summed E-state index contributed by atoms with van der Waals surface area (Å²) >= 11 is 2.03. The van der Waals surface area contributed by atoms with E-state index in [0.29, 0.717) is 12.1 Å². The minimum Gasteiger partial charge on any atom is -0.378 e. The minimum absolute atomic E-state index is 0. The van der Waals surface area contributed by atoms with Crippen LogP contribution < -0.4 is 10.6 Å². The first kappa shape index (κ1) is 19.4. The molecule has 6 heteroatoms. The van der Waals surface area contributed by atoms with Crippen LogP contribution in [0.5, 0.6) is 0 Å². The Labute approximate surface area is 150 Å². The highest BCUT2D eigenvalue weighted by Crippen LogP contribution is 2.51. The van der Waals surface area contributed by atoms with E-state index in [2.05, 4.69) is 36.4 Å². The topological polar surface area (TPSA) is 45.7 Å². The van der Waals surface area contributed by atoms with Crippen molar-refractivity contribution < 1.29 is 4.74 Å². The zero-order valence-corrected chi connectivity index (χ0v) is 17.0.